The molecule has 1 aromatic carbocycles. The smallest absolute Gasteiger partial charge is 0.263 e. The van der Waals surface area contributed by atoms with Gasteiger partial charge in [0.25, 0.3) is 5.91 Å². The minimum atomic E-state index is -0.0515. The molecule has 3 rings (SSSR count). The van der Waals surface area contributed by atoms with Crippen LogP contribution in [-0.2, 0) is 0 Å². The zero-order valence-electron chi connectivity index (χ0n) is 10.6. The lowest BCUT2D eigenvalue weighted by atomic mass is 10.0. The number of thiazole rings is 1. The Bertz CT molecular complexity index is 609. The molecule has 1 aliphatic rings. The van der Waals surface area contributed by atoms with E-state index in [4.69, 9.17) is 4.74 Å². The van der Waals surface area contributed by atoms with Crippen LogP contribution >= 0.6 is 11.3 Å². The largest absolute Gasteiger partial charge is 0.493 e. The summed E-state index contributed by atoms with van der Waals surface area (Å²) in [6, 6.07) is 7.97. The number of amides is 1. The molecule has 0 radical (unpaired) electrons. The van der Waals surface area contributed by atoms with Crippen molar-refractivity contribution in [2.45, 2.75) is 12.8 Å². The van der Waals surface area contributed by atoms with Crippen LogP contribution in [0.3, 0.4) is 0 Å². The zero-order chi connectivity index (χ0) is 13.2. The number of aromatic nitrogens is 1. The molecule has 1 aliphatic heterocycles. The quantitative estimate of drug-likeness (QED) is 0.934. The summed E-state index contributed by atoms with van der Waals surface area (Å²) in [5.41, 5.74) is 3.65. The SMILES string of the molecule is Cc1ncsc1C(=O)NCC1COc2ccccc21. The summed E-state index contributed by atoms with van der Waals surface area (Å²) >= 11 is 1.37. The van der Waals surface area contributed by atoms with Gasteiger partial charge in [-0.05, 0) is 13.0 Å². The summed E-state index contributed by atoms with van der Waals surface area (Å²) in [5, 5.41) is 2.96. The predicted molar refractivity (Wildman–Crippen MR) is 73.9 cm³/mol. The number of ether oxygens (including phenoxy) is 1. The van der Waals surface area contributed by atoms with Gasteiger partial charge in [-0.15, -0.1) is 11.3 Å². The van der Waals surface area contributed by atoms with Gasteiger partial charge >= 0.3 is 0 Å². The average molecular weight is 274 g/mol. The molecule has 5 heteroatoms. The predicted octanol–water partition coefficient (Wildman–Crippen LogP) is 2.36. The van der Waals surface area contributed by atoms with Gasteiger partial charge in [0, 0.05) is 18.0 Å². The molecule has 1 aromatic heterocycles. The number of nitrogens with one attached hydrogen (secondary N) is 1. The first kappa shape index (κ1) is 12.2. The van der Waals surface area contributed by atoms with Gasteiger partial charge in [-0.3, -0.25) is 4.79 Å². The Morgan fingerprint density at radius 2 is 2.37 bits per heavy atom. The van der Waals surface area contributed by atoms with Gasteiger partial charge in [0.2, 0.25) is 0 Å². The van der Waals surface area contributed by atoms with Crippen LogP contribution in [0.1, 0.15) is 26.8 Å². The van der Waals surface area contributed by atoms with Gasteiger partial charge in [0.15, 0.2) is 0 Å². The van der Waals surface area contributed by atoms with Crippen LogP contribution in [0.5, 0.6) is 5.75 Å². The maximum Gasteiger partial charge on any atom is 0.263 e. The third-order valence-electron chi connectivity index (χ3n) is 3.26. The molecule has 1 N–H and O–H groups in total. The lowest BCUT2D eigenvalue weighted by Gasteiger charge is -2.10. The number of benzene rings is 1. The molecule has 1 atom stereocenters. The molecule has 0 spiro atoms. The third kappa shape index (κ3) is 2.33. The van der Waals surface area contributed by atoms with Gasteiger partial charge in [-0.1, -0.05) is 18.2 Å². The normalized spacial score (nSPS) is 16.8. The maximum absolute atomic E-state index is 12.0. The fraction of sp³-hybridized carbons (Fsp3) is 0.286. The van der Waals surface area contributed by atoms with Gasteiger partial charge in [-0.2, -0.15) is 0 Å². The Labute approximate surface area is 115 Å². The van der Waals surface area contributed by atoms with Crippen molar-refractivity contribution in [1.82, 2.24) is 10.3 Å². The number of hydrogen-bond acceptors (Lipinski definition) is 4. The highest BCUT2D eigenvalue weighted by molar-refractivity contribution is 7.11. The summed E-state index contributed by atoms with van der Waals surface area (Å²) in [7, 11) is 0. The standard InChI is InChI=1S/C14H14N2O2S/c1-9-13(19-8-16-9)14(17)15-6-10-7-18-12-5-3-2-4-11(10)12/h2-5,8,10H,6-7H2,1H3,(H,15,17). The van der Waals surface area contributed by atoms with Crippen molar-refractivity contribution in [3.8, 4) is 5.75 Å². The van der Waals surface area contributed by atoms with Crippen LogP contribution in [-0.4, -0.2) is 24.0 Å². The van der Waals surface area contributed by atoms with Crippen molar-refractivity contribution >= 4 is 17.2 Å². The number of fused-ring (bicyclic) bond motifs is 1. The van der Waals surface area contributed by atoms with E-state index in [2.05, 4.69) is 16.4 Å². The van der Waals surface area contributed by atoms with E-state index in [0.29, 0.717) is 18.0 Å². The number of carbonyl (C=O) groups excluding carboxylic acids is 1. The molecule has 0 aliphatic carbocycles. The van der Waals surface area contributed by atoms with Crippen LogP contribution in [0.2, 0.25) is 0 Å². The molecule has 0 saturated carbocycles. The fourth-order valence-corrected chi connectivity index (χ4v) is 2.93. The Balaban J connectivity index is 1.65. The van der Waals surface area contributed by atoms with E-state index in [1.165, 1.54) is 16.9 Å². The van der Waals surface area contributed by atoms with Crippen molar-refractivity contribution in [2.24, 2.45) is 0 Å². The minimum Gasteiger partial charge on any atom is -0.493 e. The summed E-state index contributed by atoms with van der Waals surface area (Å²) < 4.78 is 5.60. The second-order valence-electron chi connectivity index (χ2n) is 4.52. The molecular weight excluding hydrogens is 260 g/mol. The first-order valence-electron chi connectivity index (χ1n) is 6.15. The minimum absolute atomic E-state index is 0.0515. The molecular formula is C14H14N2O2S. The van der Waals surface area contributed by atoms with Crippen molar-refractivity contribution in [3.05, 3.63) is 45.9 Å². The van der Waals surface area contributed by atoms with Gasteiger partial charge in [0.1, 0.15) is 10.6 Å². The van der Waals surface area contributed by atoms with Crippen LogP contribution < -0.4 is 10.1 Å². The van der Waals surface area contributed by atoms with Crippen LogP contribution in [0.15, 0.2) is 29.8 Å². The Morgan fingerprint density at radius 1 is 1.53 bits per heavy atom. The maximum atomic E-state index is 12.0. The molecule has 0 fully saturated rings. The van der Waals surface area contributed by atoms with Crippen molar-refractivity contribution in [1.29, 1.82) is 0 Å². The van der Waals surface area contributed by atoms with E-state index in [1.807, 2.05) is 25.1 Å². The first-order chi connectivity index (χ1) is 9.25. The van der Waals surface area contributed by atoms with Crippen LogP contribution in [0, 0.1) is 6.92 Å². The van der Waals surface area contributed by atoms with E-state index < -0.39 is 0 Å². The van der Waals surface area contributed by atoms with Gasteiger partial charge in [0.05, 0.1) is 17.8 Å². The Hall–Kier alpha value is -1.88. The second-order valence-corrected chi connectivity index (χ2v) is 5.38. The Morgan fingerprint density at radius 3 is 3.16 bits per heavy atom. The highest BCUT2D eigenvalue weighted by atomic mass is 32.1. The number of rotatable bonds is 3. The molecule has 2 heterocycles. The summed E-state index contributed by atoms with van der Waals surface area (Å²) in [6.07, 6.45) is 0. The number of carbonyl (C=O) groups is 1. The zero-order valence-corrected chi connectivity index (χ0v) is 11.4. The van der Waals surface area contributed by atoms with Crippen molar-refractivity contribution in [2.75, 3.05) is 13.2 Å². The molecule has 2 aromatic rings. The molecule has 98 valence electrons. The number of hydrogen-bond donors (Lipinski definition) is 1. The van der Waals surface area contributed by atoms with Crippen molar-refractivity contribution < 1.29 is 9.53 Å². The van der Waals surface area contributed by atoms with Crippen LogP contribution in [0.25, 0.3) is 0 Å². The highest BCUT2D eigenvalue weighted by Gasteiger charge is 2.24. The molecule has 19 heavy (non-hydrogen) atoms. The summed E-state index contributed by atoms with van der Waals surface area (Å²) in [6.45, 7) is 3.06. The van der Waals surface area contributed by atoms with E-state index >= 15 is 0 Å². The third-order valence-corrected chi connectivity index (χ3v) is 4.19. The monoisotopic (exact) mass is 274 g/mol. The lowest BCUT2D eigenvalue weighted by Crippen LogP contribution is -2.28. The van der Waals surface area contributed by atoms with Crippen LogP contribution in [0.4, 0.5) is 0 Å². The second kappa shape index (κ2) is 5.01. The van der Waals surface area contributed by atoms with Gasteiger partial charge in [-0.25, -0.2) is 4.98 Å². The van der Waals surface area contributed by atoms with Gasteiger partial charge < -0.3 is 10.1 Å². The molecule has 1 amide bonds. The van der Waals surface area contributed by atoms with E-state index in [1.54, 1.807) is 5.51 Å². The first-order valence-corrected chi connectivity index (χ1v) is 7.03. The number of aryl methyl sites for hydroxylation is 1. The number of para-hydroxylation sites is 1. The van der Waals surface area contributed by atoms with E-state index in [9.17, 15) is 4.79 Å². The molecule has 0 saturated heterocycles. The molecule has 1 unspecified atom stereocenters. The topological polar surface area (TPSA) is 51.2 Å². The lowest BCUT2D eigenvalue weighted by molar-refractivity contribution is 0.0953. The molecule has 4 nitrogen and oxygen atoms in total. The molecule has 0 bridgehead atoms. The summed E-state index contributed by atoms with van der Waals surface area (Å²) in [4.78, 5) is 16.8. The van der Waals surface area contributed by atoms with E-state index in [-0.39, 0.29) is 11.8 Å². The number of nitrogens with zero attached hydrogens (tertiary/aromatic N) is 1. The fourth-order valence-electron chi connectivity index (χ4n) is 2.21. The van der Waals surface area contributed by atoms with Crippen molar-refractivity contribution in [3.63, 3.8) is 0 Å². The average Bonchev–Trinajstić information content (AvgIpc) is 3.02. The van der Waals surface area contributed by atoms with E-state index in [0.717, 1.165) is 11.4 Å². The Kier molecular flexibility index (Phi) is 3.21. The highest BCUT2D eigenvalue weighted by Crippen LogP contribution is 2.32. The summed E-state index contributed by atoms with van der Waals surface area (Å²) in [5.74, 6) is 1.11.